The molecule has 0 amide bonds. The molecule has 2 unspecified atom stereocenters. The number of aliphatic hydroxyl groups excluding tert-OH is 1. The number of rotatable bonds is 3. The lowest BCUT2D eigenvalue weighted by atomic mass is 9.96. The second-order valence-electron chi connectivity index (χ2n) is 5.57. The van der Waals surface area contributed by atoms with E-state index in [-0.39, 0.29) is 6.61 Å². The van der Waals surface area contributed by atoms with Crippen molar-refractivity contribution in [3.63, 3.8) is 0 Å². The topological polar surface area (TPSA) is 35.5 Å². The molecule has 98 valence electrons. The van der Waals surface area contributed by atoms with Gasteiger partial charge in [-0.05, 0) is 50.4 Å². The summed E-state index contributed by atoms with van der Waals surface area (Å²) in [5.74, 6) is 0. The van der Waals surface area contributed by atoms with E-state index in [4.69, 9.17) is 5.11 Å². The van der Waals surface area contributed by atoms with E-state index in [0.29, 0.717) is 18.1 Å². The standard InChI is InChI=1S/C15H22N2O/c1-16-12-8-14-6-7-15(9-12)17(14)13-4-2-11(10-18)3-5-13/h2-5,12,14-16,18H,6-10H2,1H3. The molecule has 3 heteroatoms. The van der Waals surface area contributed by atoms with E-state index in [1.54, 1.807) is 0 Å². The predicted molar refractivity (Wildman–Crippen MR) is 73.7 cm³/mol. The highest BCUT2D eigenvalue weighted by molar-refractivity contribution is 5.51. The molecule has 2 bridgehead atoms. The van der Waals surface area contributed by atoms with Crippen molar-refractivity contribution in [3.05, 3.63) is 29.8 Å². The number of anilines is 1. The highest BCUT2D eigenvalue weighted by atomic mass is 16.3. The zero-order chi connectivity index (χ0) is 12.5. The Morgan fingerprint density at radius 3 is 2.28 bits per heavy atom. The van der Waals surface area contributed by atoms with Crippen LogP contribution < -0.4 is 10.2 Å². The first-order valence-electron chi connectivity index (χ1n) is 6.97. The molecule has 18 heavy (non-hydrogen) atoms. The first kappa shape index (κ1) is 12.0. The van der Waals surface area contributed by atoms with E-state index >= 15 is 0 Å². The van der Waals surface area contributed by atoms with Gasteiger partial charge in [0, 0.05) is 23.8 Å². The van der Waals surface area contributed by atoms with Crippen LogP contribution in [-0.2, 0) is 6.61 Å². The molecule has 3 rings (SSSR count). The summed E-state index contributed by atoms with van der Waals surface area (Å²) in [6, 6.07) is 10.5. The van der Waals surface area contributed by atoms with E-state index in [2.05, 4.69) is 29.4 Å². The summed E-state index contributed by atoms with van der Waals surface area (Å²) >= 11 is 0. The fraction of sp³-hybridized carbons (Fsp3) is 0.600. The van der Waals surface area contributed by atoms with Crippen molar-refractivity contribution in [1.82, 2.24) is 5.32 Å². The van der Waals surface area contributed by atoms with Crippen LogP contribution in [0.4, 0.5) is 5.69 Å². The van der Waals surface area contributed by atoms with E-state index in [0.717, 1.165) is 5.56 Å². The van der Waals surface area contributed by atoms with Crippen molar-refractivity contribution in [2.45, 2.75) is 50.4 Å². The largest absolute Gasteiger partial charge is 0.392 e. The zero-order valence-electron chi connectivity index (χ0n) is 11.0. The minimum atomic E-state index is 0.134. The fourth-order valence-electron chi connectivity index (χ4n) is 3.61. The van der Waals surface area contributed by atoms with Gasteiger partial charge in [-0.2, -0.15) is 0 Å². The van der Waals surface area contributed by atoms with Crippen LogP contribution in [0, 0.1) is 0 Å². The smallest absolute Gasteiger partial charge is 0.0681 e. The molecule has 0 aliphatic carbocycles. The average Bonchev–Trinajstić information content (AvgIpc) is 2.69. The number of nitrogens with zero attached hydrogens (tertiary/aromatic N) is 1. The SMILES string of the molecule is CNC1CC2CCC(C1)N2c1ccc(CO)cc1. The molecule has 2 aliphatic rings. The number of fused-ring (bicyclic) bond motifs is 2. The number of hydrogen-bond acceptors (Lipinski definition) is 3. The molecule has 2 aliphatic heterocycles. The summed E-state index contributed by atoms with van der Waals surface area (Å²) in [5, 5.41) is 12.5. The Kier molecular flexibility index (Phi) is 3.27. The Balaban J connectivity index is 1.80. The highest BCUT2D eigenvalue weighted by Gasteiger charge is 2.40. The Morgan fingerprint density at radius 1 is 1.17 bits per heavy atom. The third kappa shape index (κ3) is 2.02. The van der Waals surface area contributed by atoms with Crippen LogP contribution in [-0.4, -0.2) is 30.3 Å². The molecule has 2 fully saturated rings. The molecule has 0 aromatic heterocycles. The Bertz CT molecular complexity index is 389. The van der Waals surface area contributed by atoms with Gasteiger partial charge in [0.2, 0.25) is 0 Å². The third-order valence-corrected chi connectivity index (χ3v) is 4.56. The van der Waals surface area contributed by atoms with Gasteiger partial charge < -0.3 is 15.3 Å². The van der Waals surface area contributed by atoms with Gasteiger partial charge in [0.15, 0.2) is 0 Å². The van der Waals surface area contributed by atoms with Crippen LogP contribution in [0.2, 0.25) is 0 Å². The normalized spacial score (nSPS) is 30.8. The van der Waals surface area contributed by atoms with Crippen molar-refractivity contribution >= 4 is 5.69 Å². The van der Waals surface area contributed by atoms with Crippen LogP contribution in [0.1, 0.15) is 31.2 Å². The minimum absolute atomic E-state index is 0.134. The van der Waals surface area contributed by atoms with Gasteiger partial charge in [-0.1, -0.05) is 12.1 Å². The first-order valence-corrected chi connectivity index (χ1v) is 6.97. The molecule has 1 aromatic rings. The quantitative estimate of drug-likeness (QED) is 0.855. The van der Waals surface area contributed by atoms with E-state index in [1.807, 2.05) is 12.1 Å². The summed E-state index contributed by atoms with van der Waals surface area (Å²) in [6.45, 7) is 0.134. The molecule has 0 saturated carbocycles. The molecule has 3 nitrogen and oxygen atoms in total. The summed E-state index contributed by atoms with van der Waals surface area (Å²) in [7, 11) is 2.08. The number of benzene rings is 1. The maximum Gasteiger partial charge on any atom is 0.0681 e. The monoisotopic (exact) mass is 246 g/mol. The Morgan fingerprint density at radius 2 is 1.78 bits per heavy atom. The molecular formula is C15H22N2O. The van der Waals surface area contributed by atoms with Gasteiger partial charge in [-0.3, -0.25) is 0 Å². The lowest BCUT2D eigenvalue weighted by molar-refractivity contribution is 0.282. The lowest BCUT2D eigenvalue weighted by Gasteiger charge is -2.40. The van der Waals surface area contributed by atoms with Crippen molar-refractivity contribution in [2.75, 3.05) is 11.9 Å². The summed E-state index contributed by atoms with van der Waals surface area (Å²) < 4.78 is 0. The minimum Gasteiger partial charge on any atom is -0.392 e. The number of aliphatic hydroxyl groups is 1. The van der Waals surface area contributed by atoms with Crippen LogP contribution >= 0.6 is 0 Å². The maximum atomic E-state index is 9.10. The average molecular weight is 246 g/mol. The van der Waals surface area contributed by atoms with Gasteiger partial charge in [0.1, 0.15) is 0 Å². The van der Waals surface area contributed by atoms with Crippen molar-refractivity contribution in [1.29, 1.82) is 0 Å². The fourth-order valence-corrected chi connectivity index (χ4v) is 3.61. The molecule has 2 atom stereocenters. The number of piperidine rings is 1. The molecule has 2 heterocycles. The second-order valence-corrected chi connectivity index (χ2v) is 5.57. The van der Waals surface area contributed by atoms with Gasteiger partial charge in [0.05, 0.1) is 6.61 Å². The van der Waals surface area contributed by atoms with Gasteiger partial charge in [0.25, 0.3) is 0 Å². The summed E-state index contributed by atoms with van der Waals surface area (Å²) in [5.41, 5.74) is 2.32. The predicted octanol–water partition coefficient (Wildman–Crippen LogP) is 1.90. The zero-order valence-corrected chi connectivity index (χ0v) is 11.0. The molecule has 0 spiro atoms. The van der Waals surface area contributed by atoms with Gasteiger partial charge in [-0.15, -0.1) is 0 Å². The number of hydrogen-bond donors (Lipinski definition) is 2. The summed E-state index contributed by atoms with van der Waals surface area (Å²) in [4.78, 5) is 2.61. The Hall–Kier alpha value is -1.06. The van der Waals surface area contributed by atoms with E-state index < -0.39 is 0 Å². The van der Waals surface area contributed by atoms with Crippen LogP contribution in [0.25, 0.3) is 0 Å². The van der Waals surface area contributed by atoms with Crippen molar-refractivity contribution in [3.8, 4) is 0 Å². The van der Waals surface area contributed by atoms with Crippen LogP contribution in [0.3, 0.4) is 0 Å². The van der Waals surface area contributed by atoms with Gasteiger partial charge >= 0.3 is 0 Å². The molecule has 2 N–H and O–H groups in total. The lowest BCUT2D eigenvalue weighted by Crippen LogP contribution is -2.48. The first-order chi connectivity index (χ1) is 8.81. The van der Waals surface area contributed by atoms with Crippen molar-refractivity contribution < 1.29 is 5.11 Å². The molecule has 0 radical (unpaired) electrons. The van der Waals surface area contributed by atoms with E-state index in [1.165, 1.54) is 31.4 Å². The highest BCUT2D eigenvalue weighted by Crippen LogP contribution is 2.39. The summed E-state index contributed by atoms with van der Waals surface area (Å²) in [6.07, 6.45) is 5.17. The molecule has 2 saturated heterocycles. The number of nitrogens with one attached hydrogen (secondary N) is 1. The Labute approximate surface area is 109 Å². The van der Waals surface area contributed by atoms with Gasteiger partial charge in [-0.25, -0.2) is 0 Å². The van der Waals surface area contributed by atoms with Crippen LogP contribution in [0.5, 0.6) is 0 Å². The maximum absolute atomic E-state index is 9.10. The van der Waals surface area contributed by atoms with Crippen LogP contribution in [0.15, 0.2) is 24.3 Å². The third-order valence-electron chi connectivity index (χ3n) is 4.56. The molecular weight excluding hydrogens is 224 g/mol. The second kappa shape index (κ2) is 4.90. The van der Waals surface area contributed by atoms with E-state index in [9.17, 15) is 0 Å². The molecule has 1 aromatic carbocycles. The van der Waals surface area contributed by atoms with Crippen molar-refractivity contribution in [2.24, 2.45) is 0 Å².